The Morgan fingerprint density at radius 3 is 2.83 bits per heavy atom. The molecule has 0 spiro atoms. The van der Waals surface area contributed by atoms with Gasteiger partial charge in [-0.2, -0.15) is 0 Å². The zero-order chi connectivity index (χ0) is 8.97. The monoisotopic (exact) mass is 230 g/mol. The lowest BCUT2D eigenvalue weighted by molar-refractivity contribution is -0.116. The van der Waals surface area contributed by atoms with E-state index in [1.807, 2.05) is 6.92 Å². The first kappa shape index (κ1) is 9.97. The Bertz CT molecular complexity index is 206. The molecular formula is C10H15BrO. The first-order chi connectivity index (χ1) is 5.75. The lowest BCUT2D eigenvalue weighted by atomic mass is 9.89. The summed E-state index contributed by atoms with van der Waals surface area (Å²) in [6, 6.07) is 0. The van der Waals surface area contributed by atoms with Crippen molar-refractivity contribution < 1.29 is 4.79 Å². The van der Waals surface area contributed by atoms with Gasteiger partial charge in [-0.1, -0.05) is 21.5 Å². The average molecular weight is 231 g/mol. The molecule has 0 N–H and O–H groups in total. The SMILES string of the molecule is CC1=C(CCCBr)CCCC1=O. The summed E-state index contributed by atoms with van der Waals surface area (Å²) < 4.78 is 0. The van der Waals surface area contributed by atoms with Gasteiger partial charge in [-0.3, -0.25) is 4.79 Å². The maximum atomic E-state index is 11.3. The predicted octanol–water partition coefficient (Wildman–Crippen LogP) is 3.23. The van der Waals surface area contributed by atoms with E-state index < -0.39 is 0 Å². The third-order valence-corrected chi connectivity index (χ3v) is 3.00. The van der Waals surface area contributed by atoms with Crippen molar-refractivity contribution in [1.29, 1.82) is 0 Å². The molecule has 1 aliphatic carbocycles. The third-order valence-electron chi connectivity index (χ3n) is 2.44. The van der Waals surface area contributed by atoms with Gasteiger partial charge in [-0.05, 0) is 38.2 Å². The summed E-state index contributed by atoms with van der Waals surface area (Å²) in [5, 5.41) is 1.04. The van der Waals surface area contributed by atoms with E-state index >= 15 is 0 Å². The summed E-state index contributed by atoms with van der Waals surface area (Å²) in [5.74, 6) is 0.367. The number of ketones is 1. The van der Waals surface area contributed by atoms with Gasteiger partial charge in [0.2, 0.25) is 0 Å². The topological polar surface area (TPSA) is 17.1 Å². The van der Waals surface area contributed by atoms with Crippen molar-refractivity contribution >= 4 is 21.7 Å². The second-order valence-corrected chi connectivity index (χ2v) is 4.09. The zero-order valence-electron chi connectivity index (χ0n) is 7.53. The molecule has 1 rings (SSSR count). The Kier molecular flexibility index (Phi) is 3.99. The molecular weight excluding hydrogens is 216 g/mol. The predicted molar refractivity (Wildman–Crippen MR) is 54.6 cm³/mol. The molecule has 0 saturated heterocycles. The van der Waals surface area contributed by atoms with E-state index in [0.29, 0.717) is 5.78 Å². The Morgan fingerprint density at radius 2 is 2.17 bits per heavy atom. The van der Waals surface area contributed by atoms with Gasteiger partial charge in [0, 0.05) is 11.8 Å². The lowest BCUT2D eigenvalue weighted by Gasteiger charge is -2.15. The van der Waals surface area contributed by atoms with Crippen LogP contribution >= 0.6 is 15.9 Å². The maximum absolute atomic E-state index is 11.3. The molecule has 0 aliphatic heterocycles. The molecule has 0 amide bonds. The van der Waals surface area contributed by atoms with Crippen LogP contribution in [0, 0.1) is 0 Å². The van der Waals surface area contributed by atoms with Crippen LogP contribution in [0.3, 0.4) is 0 Å². The van der Waals surface area contributed by atoms with Crippen molar-refractivity contribution in [2.45, 2.75) is 39.0 Å². The number of carbonyl (C=O) groups is 1. The van der Waals surface area contributed by atoms with Gasteiger partial charge in [-0.25, -0.2) is 0 Å². The highest BCUT2D eigenvalue weighted by atomic mass is 79.9. The summed E-state index contributed by atoms with van der Waals surface area (Å²) in [4.78, 5) is 11.3. The van der Waals surface area contributed by atoms with E-state index in [1.165, 1.54) is 5.57 Å². The number of hydrogen-bond donors (Lipinski definition) is 0. The minimum atomic E-state index is 0.367. The van der Waals surface area contributed by atoms with Crippen LogP contribution < -0.4 is 0 Å². The minimum absolute atomic E-state index is 0.367. The molecule has 2 heteroatoms. The molecule has 0 bridgehead atoms. The second-order valence-electron chi connectivity index (χ2n) is 3.30. The van der Waals surface area contributed by atoms with Crippen molar-refractivity contribution in [2.75, 3.05) is 5.33 Å². The highest BCUT2D eigenvalue weighted by molar-refractivity contribution is 9.09. The molecule has 0 atom stereocenters. The minimum Gasteiger partial charge on any atom is -0.295 e. The van der Waals surface area contributed by atoms with Crippen LogP contribution in [0.2, 0.25) is 0 Å². The molecule has 0 radical (unpaired) electrons. The normalized spacial score (nSPS) is 18.7. The van der Waals surface area contributed by atoms with Gasteiger partial charge in [0.25, 0.3) is 0 Å². The fourth-order valence-electron chi connectivity index (χ4n) is 1.63. The molecule has 0 fully saturated rings. The van der Waals surface area contributed by atoms with Crippen LogP contribution in [-0.4, -0.2) is 11.1 Å². The summed E-state index contributed by atoms with van der Waals surface area (Å²) in [6.45, 7) is 1.98. The van der Waals surface area contributed by atoms with Crippen molar-refractivity contribution in [1.82, 2.24) is 0 Å². The van der Waals surface area contributed by atoms with Gasteiger partial charge in [0.05, 0.1) is 0 Å². The van der Waals surface area contributed by atoms with Crippen molar-refractivity contribution in [3.63, 3.8) is 0 Å². The molecule has 68 valence electrons. The van der Waals surface area contributed by atoms with Gasteiger partial charge in [0.1, 0.15) is 0 Å². The number of hydrogen-bond acceptors (Lipinski definition) is 1. The lowest BCUT2D eigenvalue weighted by Crippen LogP contribution is -2.09. The standard InChI is InChI=1S/C10H15BrO/c1-8-9(5-3-7-11)4-2-6-10(8)12/h2-7H2,1H3. The van der Waals surface area contributed by atoms with E-state index in [1.54, 1.807) is 0 Å². The Labute approximate surface area is 82.4 Å². The summed E-state index contributed by atoms with van der Waals surface area (Å²) in [6.07, 6.45) is 5.23. The first-order valence-corrected chi connectivity index (χ1v) is 5.65. The van der Waals surface area contributed by atoms with Crippen molar-refractivity contribution in [3.8, 4) is 0 Å². The largest absolute Gasteiger partial charge is 0.295 e. The Morgan fingerprint density at radius 1 is 1.42 bits per heavy atom. The highest BCUT2D eigenvalue weighted by Gasteiger charge is 2.15. The number of halogens is 1. The van der Waals surface area contributed by atoms with E-state index in [-0.39, 0.29) is 0 Å². The molecule has 0 aromatic heterocycles. The van der Waals surface area contributed by atoms with Gasteiger partial charge in [0.15, 0.2) is 5.78 Å². The van der Waals surface area contributed by atoms with Gasteiger partial charge in [-0.15, -0.1) is 0 Å². The van der Waals surface area contributed by atoms with Crippen LogP contribution in [0.15, 0.2) is 11.1 Å². The van der Waals surface area contributed by atoms with Crippen molar-refractivity contribution in [2.24, 2.45) is 0 Å². The van der Waals surface area contributed by atoms with E-state index in [2.05, 4.69) is 15.9 Å². The molecule has 0 saturated carbocycles. The Balaban J connectivity index is 2.59. The summed E-state index contributed by atoms with van der Waals surface area (Å²) >= 11 is 3.40. The molecule has 0 unspecified atom stereocenters. The summed E-state index contributed by atoms with van der Waals surface area (Å²) in [5.41, 5.74) is 2.44. The maximum Gasteiger partial charge on any atom is 0.158 e. The molecule has 1 nitrogen and oxygen atoms in total. The number of Topliss-reactive ketones (excluding diaryl/α,β-unsaturated/α-hetero) is 1. The number of carbonyl (C=O) groups excluding carboxylic acids is 1. The Hall–Kier alpha value is -0.110. The third kappa shape index (κ3) is 2.44. The zero-order valence-corrected chi connectivity index (χ0v) is 9.11. The number of allylic oxidation sites excluding steroid dienone is 2. The smallest absolute Gasteiger partial charge is 0.158 e. The van der Waals surface area contributed by atoms with Gasteiger partial charge < -0.3 is 0 Å². The number of alkyl halides is 1. The quantitative estimate of drug-likeness (QED) is 0.681. The molecule has 0 heterocycles. The van der Waals surface area contributed by atoms with Crippen LogP contribution in [0.5, 0.6) is 0 Å². The van der Waals surface area contributed by atoms with E-state index in [0.717, 1.165) is 43.0 Å². The second kappa shape index (κ2) is 4.80. The van der Waals surface area contributed by atoms with Gasteiger partial charge >= 0.3 is 0 Å². The van der Waals surface area contributed by atoms with Crippen LogP contribution in [0.25, 0.3) is 0 Å². The van der Waals surface area contributed by atoms with Crippen LogP contribution in [0.1, 0.15) is 39.0 Å². The molecule has 1 aliphatic rings. The van der Waals surface area contributed by atoms with Crippen LogP contribution in [0.4, 0.5) is 0 Å². The molecule has 0 aromatic carbocycles. The fraction of sp³-hybridized carbons (Fsp3) is 0.700. The van der Waals surface area contributed by atoms with E-state index in [9.17, 15) is 4.79 Å². The fourth-order valence-corrected chi connectivity index (χ4v) is 1.91. The van der Waals surface area contributed by atoms with Crippen molar-refractivity contribution in [3.05, 3.63) is 11.1 Å². The van der Waals surface area contributed by atoms with Crippen LogP contribution in [-0.2, 0) is 4.79 Å². The molecule has 12 heavy (non-hydrogen) atoms. The average Bonchev–Trinajstić information content (AvgIpc) is 2.08. The van der Waals surface area contributed by atoms with E-state index in [4.69, 9.17) is 0 Å². The molecule has 0 aromatic rings. The highest BCUT2D eigenvalue weighted by Crippen LogP contribution is 2.25. The first-order valence-electron chi connectivity index (χ1n) is 4.53. The summed E-state index contributed by atoms with van der Waals surface area (Å²) in [7, 11) is 0. The number of rotatable bonds is 3.